The van der Waals surface area contributed by atoms with Gasteiger partial charge in [-0.25, -0.2) is 4.79 Å². The van der Waals surface area contributed by atoms with Crippen molar-refractivity contribution in [2.45, 2.75) is 110 Å². The highest BCUT2D eigenvalue weighted by Crippen LogP contribution is 2.07. The molecular weight excluding hydrogens is 358 g/mol. The molecule has 0 aromatic rings. The van der Waals surface area contributed by atoms with Gasteiger partial charge in [0, 0.05) is 6.92 Å². The van der Waals surface area contributed by atoms with Gasteiger partial charge >= 0.3 is 11.9 Å². The lowest BCUT2D eigenvalue weighted by molar-refractivity contribution is -0.153. The SMILES string of the molecule is CCCCCCCCOC(=O)CC(NC(C)=O)C(=O)OCCCCCCCC. The van der Waals surface area contributed by atoms with Gasteiger partial charge in [0.1, 0.15) is 6.04 Å². The summed E-state index contributed by atoms with van der Waals surface area (Å²) >= 11 is 0. The van der Waals surface area contributed by atoms with Crippen LogP contribution in [0.3, 0.4) is 0 Å². The number of carbonyl (C=O) groups is 3. The summed E-state index contributed by atoms with van der Waals surface area (Å²) in [5, 5.41) is 2.49. The van der Waals surface area contributed by atoms with Crippen molar-refractivity contribution in [3.05, 3.63) is 0 Å². The zero-order chi connectivity index (χ0) is 21.0. The molecule has 0 radical (unpaired) electrons. The Morgan fingerprint density at radius 3 is 1.68 bits per heavy atom. The maximum atomic E-state index is 12.2. The second-order valence-electron chi connectivity index (χ2n) is 7.38. The number of hydrogen-bond donors (Lipinski definition) is 1. The Hall–Kier alpha value is -1.59. The maximum Gasteiger partial charge on any atom is 0.329 e. The minimum absolute atomic E-state index is 0.190. The molecule has 0 aromatic carbocycles. The molecule has 0 bridgehead atoms. The van der Waals surface area contributed by atoms with Crippen molar-refractivity contribution < 1.29 is 23.9 Å². The van der Waals surface area contributed by atoms with Crippen molar-refractivity contribution in [1.29, 1.82) is 0 Å². The predicted octanol–water partition coefficient (Wildman–Crippen LogP) is 4.69. The molecule has 0 aliphatic heterocycles. The van der Waals surface area contributed by atoms with Crippen molar-refractivity contribution >= 4 is 17.8 Å². The van der Waals surface area contributed by atoms with Gasteiger partial charge < -0.3 is 14.8 Å². The summed E-state index contributed by atoms with van der Waals surface area (Å²) in [6.45, 7) is 6.32. The Morgan fingerprint density at radius 2 is 1.18 bits per heavy atom. The van der Waals surface area contributed by atoms with E-state index in [0.29, 0.717) is 13.2 Å². The average molecular weight is 400 g/mol. The zero-order valence-electron chi connectivity index (χ0n) is 18.2. The van der Waals surface area contributed by atoms with Gasteiger partial charge in [0.2, 0.25) is 5.91 Å². The normalized spacial score (nSPS) is 11.7. The van der Waals surface area contributed by atoms with E-state index in [1.54, 1.807) is 0 Å². The maximum absolute atomic E-state index is 12.2. The molecule has 0 saturated heterocycles. The van der Waals surface area contributed by atoms with Crippen LogP contribution in [0.1, 0.15) is 104 Å². The molecule has 0 aliphatic carbocycles. The van der Waals surface area contributed by atoms with Crippen LogP contribution in [0.15, 0.2) is 0 Å². The van der Waals surface area contributed by atoms with Gasteiger partial charge in [0.25, 0.3) is 0 Å². The van der Waals surface area contributed by atoms with E-state index in [2.05, 4.69) is 19.2 Å². The third-order valence-corrected chi connectivity index (χ3v) is 4.54. The Morgan fingerprint density at radius 1 is 0.714 bits per heavy atom. The van der Waals surface area contributed by atoms with Gasteiger partial charge in [0.15, 0.2) is 0 Å². The van der Waals surface area contributed by atoms with Crippen LogP contribution >= 0.6 is 0 Å². The van der Waals surface area contributed by atoms with Crippen LogP contribution in [-0.2, 0) is 23.9 Å². The van der Waals surface area contributed by atoms with Crippen LogP contribution in [0.25, 0.3) is 0 Å². The number of rotatable bonds is 18. The van der Waals surface area contributed by atoms with Crippen molar-refractivity contribution in [3.8, 4) is 0 Å². The smallest absolute Gasteiger partial charge is 0.329 e. The lowest BCUT2D eigenvalue weighted by Crippen LogP contribution is -2.42. The van der Waals surface area contributed by atoms with Crippen molar-refractivity contribution in [2.75, 3.05) is 13.2 Å². The predicted molar refractivity (Wildman–Crippen MR) is 111 cm³/mol. The van der Waals surface area contributed by atoms with E-state index in [1.165, 1.54) is 45.4 Å². The first-order chi connectivity index (χ1) is 13.5. The molecule has 28 heavy (non-hydrogen) atoms. The highest BCUT2D eigenvalue weighted by atomic mass is 16.5. The molecule has 0 heterocycles. The summed E-state index contributed by atoms with van der Waals surface area (Å²) in [5.74, 6) is -1.42. The van der Waals surface area contributed by atoms with E-state index >= 15 is 0 Å². The molecule has 6 nitrogen and oxygen atoms in total. The van der Waals surface area contributed by atoms with E-state index in [4.69, 9.17) is 9.47 Å². The molecule has 0 spiro atoms. The molecule has 0 saturated carbocycles. The van der Waals surface area contributed by atoms with Crippen molar-refractivity contribution in [3.63, 3.8) is 0 Å². The molecule has 0 rings (SSSR count). The quantitative estimate of drug-likeness (QED) is 0.267. The van der Waals surface area contributed by atoms with E-state index < -0.39 is 18.0 Å². The van der Waals surface area contributed by atoms with Crippen LogP contribution in [0.2, 0.25) is 0 Å². The number of unbranched alkanes of at least 4 members (excludes halogenated alkanes) is 10. The van der Waals surface area contributed by atoms with Gasteiger partial charge in [-0.05, 0) is 12.8 Å². The fraction of sp³-hybridized carbons (Fsp3) is 0.864. The summed E-state index contributed by atoms with van der Waals surface area (Å²) in [7, 11) is 0. The fourth-order valence-corrected chi connectivity index (χ4v) is 2.89. The molecule has 0 aromatic heterocycles. The number of amides is 1. The Bertz CT molecular complexity index is 425. The molecular formula is C22H41NO5. The topological polar surface area (TPSA) is 81.7 Å². The molecule has 1 atom stereocenters. The van der Waals surface area contributed by atoms with Gasteiger partial charge in [-0.2, -0.15) is 0 Å². The van der Waals surface area contributed by atoms with Crippen LogP contribution < -0.4 is 5.32 Å². The van der Waals surface area contributed by atoms with Crippen LogP contribution in [0.4, 0.5) is 0 Å². The minimum atomic E-state index is -0.977. The number of hydrogen-bond acceptors (Lipinski definition) is 5. The fourth-order valence-electron chi connectivity index (χ4n) is 2.89. The van der Waals surface area contributed by atoms with Crippen LogP contribution in [-0.4, -0.2) is 37.1 Å². The standard InChI is InChI=1S/C22H41NO5/c1-4-6-8-10-12-14-16-27-21(25)18-20(23-19(3)24)22(26)28-17-15-13-11-9-7-5-2/h20H,4-18H2,1-3H3,(H,23,24). The third kappa shape index (κ3) is 16.6. The first kappa shape index (κ1) is 26.4. The van der Waals surface area contributed by atoms with Gasteiger partial charge in [-0.3, -0.25) is 9.59 Å². The molecule has 6 heteroatoms. The molecule has 1 amide bonds. The second kappa shape index (κ2) is 18.8. The largest absolute Gasteiger partial charge is 0.466 e. The first-order valence-corrected chi connectivity index (χ1v) is 11.1. The number of esters is 2. The number of ether oxygens (including phenoxy) is 2. The van der Waals surface area contributed by atoms with Crippen molar-refractivity contribution in [1.82, 2.24) is 5.32 Å². The summed E-state index contributed by atoms with van der Waals surface area (Å²) in [4.78, 5) is 35.5. The zero-order valence-corrected chi connectivity index (χ0v) is 18.2. The molecule has 1 unspecified atom stereocenters. The van der Waals surface area contributed by atoms with E-state index in [9.17, 15) is 14.4 Å². The van der Waals surface area contributed by atoms with E-state index in [-0.39, 0.29) is 12.3 Å². The molecule has 1 N–H and O–H groups in total. The molecule has 0 aliphatic rings. The summed E-state index contributed by atoms with van der Waals surface area (Å²) in [5.41, 5.74) is 0. The monoisotopic (exact) mass is 399 g/mol. The second-order valence-corrected chi connectivity index (χ2v) is 7.38. The Labute approximate surface area is 171 Å². The average Bonchev–Trinajstić information content (AvgIpc) is 2.65. The molecule has 164 valence electrons. The van der Waals surface area contributed by atoms with Gasteiger partial charge in [0.05, 0.1) is 19.6 Å². The lowest BCUT2D eigenvalue weighted by Gasteiger charge is -2.16. The summed E-state index contributed by atoms with van der Waals surface area (Å²) < 4.78 is 10.4. The van der Waals surface area contributed by atoms with Crippen LogP contribution in [0.5, 0.6) is 0 Å². The van der Waals surface area contributed by atoms with Crippen LogP contribution in [0, 0.1) is 0 Å². The third-order valence-electron chi connectivity index (χ3n) is 4.54. The van der Waals surface area contributed by atoms with E-state index in [1.807, 2.05) is 0 Å². The lowest BCUT2D eigenvalue weighted by atomic mass is 10.1. The highest BCUT2D eigenvalue weighted by molar-refractivity contribution is 5.87. The molecule has 0 fully saturated rings. The number of nitrogens with one attached hydrogen (secondary N) is 1. The van der Waals surface area contributed by atoms with Gasteiger partial charge in [-0.1, -0.05) is 78.1 Å². The highest BCUT2D eigenvalue weighted by Gasteiger charge is 2.25. The van der Waals surface area contributed by atoms with Crippen molar-refractivity contribution in [2.24, 2.45) is 0 Å². The van der Waals surface area contributed by atoms with E-state index in [0.717, 1.165) is 38.5 Å². The first-order valence-electron chi connectivity index (χ1n) is 11.1. The minimum Gasteiger partial charge on any atom is -0.466 e. The summed E-state index contributed by atoms with van der Waals surface area (Å²) in [6.07, 6.45) is 13.0. The number of carbonyl (C=O) groups excluding carboxylic acids is 3. The summed E-state index contributed by atoms with van der Waals surface area (Å²) in [6, 6.07) is -0.977. The Balaban J connectivity index is 4.04. The van der Waals surface area contributed by atoms with Gasteiger partial charge in [-0.15, -0.1) is 0 Å². The Kier molecular flexibility index (Phi) is 17.7.